The number of fused-ring (bicyclic) bond motifs is 1. The summed E-state index contributed by atoms with van der Waals surface area (Å²) in [6, 6.07) is 10.6. The molecule has 1 aromatic carbocycles. The van der Waals surface area contributed by atoms with Crippen LogP contribution < -0.4 is 10.9 Å². The zero-order valence-electron chi connectivity index (χ0n) is 19.6. The number of unbranched alkanes of at least 4 members (excludes halogenated alkanes) is 1. The zero-order chi connectivity index (χ0) is 23.4. The van der Waals surface area contributed by atoms with E-state index in [4.69, 9.17) is 4.98 Å². The Hall–Kier alpha value is -2.16. The first-order chi connectivity index (χ1) is 16.0. The van der Waals surface area contributed by atoms with Crippen molar-refractivity contribution < 1.29 is 4.79 Å². The number of carbonyl (C=O) groups is 1. The predicted molar refractivity (Wildman–Crippen MR) is 137 cm³/mol. The van der Waals surface area contributed by atoms with E-state index in [9.17, 15) is 9.59 Å². The highest BCUT2D eigenvalue weighted by molar-refractivity contribution is 7.99. The molecule has 1 aliphatic heterocycles. The molecule has 0 spiro atoms. The standard InChI is InChI=1S/C25H32N4O2S2/c1-4-5-12-29-24(31)22-17(2)18(3)33-23(22)27-25(29)32-16-21(30)26-20-11-13-28(15-20)14-19-9-7-6-8-10-19/h6-10,20H,4-5,11-16H2,1-3H3,(H,26,30). The molecule has 8 heteroatoms. The van der Waals surface area contributed by atoms with Crippen LogP contribution in [0.25, 0.3) is 10.2 Å². The fraction of sp³-hybridized carbons (Fsp3) is 0.480. The number of benzene rings is 1. The summed E-state index contributed by atoms with van der Waals surface area (Å²) in [6.07, 6.45) is 2.87. The summed E-state index contributed by atoms with van der Waals surface area (Å²) in [6.45, 7) is 9.52. The molecule has 33 heavy (non-hydrogen) atoms. The van der Waals surface area contributed by atoms with Gasteiger partial charge in [-0.1, -0.05) is 55.4 Å². The zero-order valence-corrected chi connectivity index (χ0v) is 21.2. The number of thioether (sulfide) groups is 1. The molecular weight excluding hydrogens is 452 g/mol. The van der Waals surface area contributed by atoms with E-state index in [2.05, 4.69) is 41.4 Å². The lowest BCUT2D eigenvalue weighted by Crippen LogP contribution is -2.38. The van der Waals surface area contributed by atoms with Crippen LogP contribution in [0.3, 0.4) is 0 Å². The van der Waals surface area contributed by atoms with Crippen molar-refractivity contribution in [1.82, 2.24) is 19.8 Å². The molecule has 1 amide bonds. The lowest BCUT2D eigenvalue weighted by molar-refractivity contribution is -0.119. The van der Waals surface area contributed by atoms with E-state index in [-0.39, 0.29) is 23.3 Å². The number of thiophene rings is 1. The highest BCUT2D eigenvalue weighted by Crippen LogP contribution is 2.28. The average Bonchev–Trinajstić information content (AvgIpc) is 3.35. The summed E-state index contributed by atoms with van der Waals surface area (Å²) in [5, 5.41) is 4.55. The van der Waals surface area contributed by atoms with E-state index < -0.39 is 0 Å². The summed E-state index contributed by atoms with van der Waals surface area (Å²) >= 11 is 2.93. The Balaban J connectivity index is 1.38. The Labute approximate surface area is 203 Å². The molecule has 1 aliphatic rings. The van der Waals surface area contributed by atoms with Crippen molar-refractivity contribution in [3.8, 4) is 0 Å². The number of nitrogens with one attached hydrogen (secondary N) is 1. The minimum Gasteiger partial charge on any atom is -0.351 e. The second-order valence-corrected chi connectivity index (χ2v) is 10.9. The van der Waals surface area contributed by atoms with Crippen molar-refractivity contribution in [2.24, 2.45) is 0 Å². The Morgan fingerprint density at radius 2 is 2.06 bits per heavy atom. The van der Waals surface area contributed by atoms with Crippen molar-refractivity contribution in [1.29, 1.82) is 0 Å². The number of aromatic nitrogens is 2. The Morgan fingerprint density at radius 1 is 1.27 bits per heavy atom. The first-order valence-electron chi connectivity index (χ1n) is 11.6. The smallest absolute Gasteiger partial charge is 0.263 e. The van der Waals surface area contributed by atoms with Gasteiger partial charge in [-0.25, -0.2) is 4.98 Å². The van der Waals surface area contributed by atoms with Crippen LogP contribution in [-0.2, 0) is 17.9 Å². The van der Waals surface area contributed by atoms with E-state index in [1.165, 1.54) is 17.3 Å². The van der Waals surface area contributed by atoms with E-state index in [1.807, 2.05) is 19.9 Å². The van der Waals surface area contributed by atoms with Gasteiger partial charge in [-0.2, -0.15) is 0 Å². The summed E-state index contributed by atoms with van der Waals surface area (Å²) in [5.41, 5.74) is 2.34. The van der Waals surface area contributed by atoms with Gasteiger partial charge in [0, 0.05) is 37.1 Å². The number of amides is 1. The number of hydrogen-bond acceptors (Lipinski definition) is 6. The van der Waals surface area contributed by atoms with Crippen LogP contribution in [0, 0.1) is 13.8 Å². The molecule has 1 unspecified atom stereocenters. The first-order valence-corrected chi connectivity index (χ1v) is 13.5. The monoisotopic (exact) mass is 484 g/mol. The minimum atomic E-state index is 0.00138. The van der Waals surface area contributed by atoms with Gasteiger partial charge in [0.25, 0.3) is 5.56 Å². The normalized spacial score (nSPS) is 16.5. The van der Waals surface area contributed by atoms with Crippen molar-refractivity contribution in [2.45, 2.75) is 64.3 Å². The molecule has 6 nitrogen and oxygen atoms in total. The number of aryl methyl sites for hydroxylation is 2. The second kappa shape index (κ2) is 10.8. The predicted octanol–water partition coefficient (Wildman–Crippen LogP) is 4.36. The maximum atomic E-state index is 13.2. The van der Waals surface area contributed by atoms with Crippen LogP contribution in [0.1, 0.15) is 42.2 Å². The number of nitrogens with zero attached hydrogens (tertiary/aromatic N) is 3. The third-order valence-electron chi connectivity index (χ3n) is 6.21. The van der Waals surface area contributed by atoms with Gasteiger partial charge < -0.3 is 5.32 Å². The molecule has 176 valence electrons. The third-order valence-corrected chi connectivity index (χ3v) is 8.29. The lowest BCUT2D eigenvalue weighted by atomic mass is 10.2. The van der Waals surface area contributed by atoms with Gasteiger partial charge in [0.15, 0.2) is 5.16 Å². The van der Waals surface area contributed by atoms with Gasteiger partial charge in [0.1, 0.15) is 4.83 Å². The number of likely N-dealkylation sites (tertiary alicyclic amines) is 1. The second-order valence-electron chi connectivity index (χ2n) is 8.73. The molecule has 4 rings (SSSR count). The maximum Gasteiger partial charge on any atom is 0.263 e. The minimum absolute atomic E-state index is 0.00138. The van der Waals surface area contributed by atoms with Crippen LogP contribution >= 0.6 is 23.1 Å². The summed E-state index contributed by atoms with van der Waals surface area (Å²) in [7, 11) is 0. The molecule has 0 aliphatic carbocycles. The first kappa shape index (κ1) is 24.0. The van der Waals surface area contributed by atoms with Crippen LogP contribution in [-0.4, -0.2) is 45.2 Å². The van der Waals surface area contributed by atoms with Crippen molar-refractivity contribution >= 4 is 39.2 Å². The van der Waals surface area contributed by atoms with E-state index in [1.54, 1.807) is 15.9 Å². The Morgan fingerprint density at radius 3 is 2.82 bits per heavy atom. The molecule has 1 saturated heterocycles. The molecule has 2 aromatic heterocycles. The quantitative estimate of drug-likeness (QED) is 0.361. The molecular formula is C25H32N4O2S2. The molecule has 0 saturated carbocycles. The van der Waals surface area contributed by atoms with Crippen molar-refractivity contribution in [3.63, 3.8) is 0 Å². The fourth-order valence-corrected chi connectivity index (χ4v) is 6.17. The molecule has 1 N–H and O–H groups in total. The molecule has 0 radical (unpaired) electrons. The van der Waals surface area contributed by atoms with E-state index >= 15 is 0 Å². The summed E-state index contributed by atoms with van der Waals surface area (Å²) in [4.78, 5) is 35.0. The van der Waals surface area contributed by atoms with Crippen molar-refractivity contribution in [2.75, 3.05) is 18.8 Å². The highest BCUT2D eigenvalue weighted by Gasteiger charge is 2.24. The van der Waals surface area contributed by atoms with Gasteiger partial charge >= 0.3 is 0 Å². The van der Waals surface area contributed by atoms with Gasteiger partial charge in [-0.15, -0.1) is 11.3 Å². The molecule has 1 atom stereocenters. The molecule has 3 heterocycles. The number of rotatable bonds is 9. The lowest BCUT2D eigenvalue weighted by Gasteiger charge is -2.17. The summed E-state index contributed by atoms with van der Waals surface area (Å²) < 4.78 is 1.76. The third kappa shape index (κ3) is 5.67. The van der Waals surface area contributed by atoms with Gasteiger partial charge in [0.05, 0.1) is 11.1 Å². The maximum absolute atomic E-state index is 13.2. The summed E-state index contributed by atoms with van der Waals surface area (Å²) in [5.74, 6) is 0.268. The molecule has 3 aromatic rings. The van der Waals surface area contributed by atoms with Gasteiger partial charge in [0.2, 0.25) is 5.91 Å². The van der Waals surface area contributed by atoms with Gasteiger partial charge in [-0.05, 0) is 37.8 Å². The van der Waals surface area contributed by atoms with Crippen LogP contribution in [0.15, 0.2) is 40.3 Å². The number of hydrogen-bond donors (Lipinski definition) is 1. The highest BCUT2D eigenvalue weighted by atomic mass is 32.2. The fourth-order valence-electron chi connectivity index (χ4n) is 4.27. The van der Waals surface area contributed by atoms with E-state index in [0.29, 0.717) is 11.7 Å². The van der Waals surface area contributed by atoms with Crippen LogP contribution in [0.5, 0.6) is 0 Å². The Bertz CT molecular complexity index is 1170. The van der Waals surface area contributed by atoms with Crippen LogP contribution in [0.4, 0.5) is 0 Å². The van der Waals surface area contributed by atoms with Crippen molar-refractivity contribution in [3.05, 3.63) is 56.7 Å². The van der Waals surface area contributed by atoms with Gasteiger partial charge in [-0.3, -0.25) is 19.1 Å². The molecule has 0 bridgehead atoms. The average molecular weight is 485 g/mol. The molecule has 1 fully saturated rings. The Kier molecular flexibility index (Phi) is 7.88. The van der Waals surface area contributed by atoms with E-state index in [0.717, 1.165) is 59.6 Å². The number of carbonyl (C=O) groups excluding carboxylic acids is 1. The topological polar surface area (TPSA) is 67.2 Å². The largest absolute Gasteiger partial charge is 0.351 e. The van der Waals surface area contributed by atoms with Crippen LogP contribution in [0.2, 0.25) is 0 Å². The SMILES string of the molecule is CCCCn1c(SCC(=O)NC2CCN(Cc3ccccc3)C2)nc2sc(C)c(C)c2c1=O.